The highest BCUT2D eigenvalue weighted by Crippen LogP contribution is 2.23. The van der Waals surface area contributed by atoms with E-state index in [4.69, 9.17) is 5.11 Å². The average molecular weight is 497 g/mol. The van der Waals surface area contributed by atoms with E-state index in [1.54, 1.807) is 27.7 Å². The van der Waals surface area contributed by atoms with Gasteiger partial charge in [-0.2, -0.15) is 0 Å². The van der Waals surface area contributed by atoms with Crippen molar-refractivity contribution in [2.75, 3.05) is 6.67 Å². The van der Waals surface area contributed by atoms with Crippen molar-refractivity contribution in [1.82, 2.24) is 9.80 Å². The Morgan fingerprint density at radius 2 is 1.11 bits per heavy atom. The van der Waals surface area contributed by atoms with Gasteiger partial charge in [0, 0.05) is 42.9 Å². The Morgan fingerprint density at radius 1 is 0.771 bits per heavy atom. The van der Waals surface area contributed by atoms with E-state index in [0.29, 0.717) is 6.42 Å². The van der Waals surface area contributed by atoms with Crippen LogP contribution in [0.15, 0.2) is 0 Å². The van der Waals surface area contributed by atoms with Crippen LogP contribution in [-0.4, -0.2) is 68.5 Å². The number of Topliss-reactive ketones (excluding diaryl/α,β-unsaturated/α-hetero) is 3. The first-order valence-electron chi connectivity index (χ1n) is 11.4. The Labute approximate surface area is 205 Å². The fourth-order valence-electron chi connectivity index (χ4n) is 3.12. The molecule has 4 atom stereocenters. The number of likely N-dealkylation sites (tertiary alicyclic amines) is 2. The molecule has 0 aromatic carbocycles. The summed E-state index contributed by atoms with van der Waals surface area (Å²) < 4.78 is 0. The van der Waals surface area contributed by atoms with Crippen LogP contribution in [0.2, 0.25) is 0 Å². The molecule has 0 radical (unpaired) electrons. The van der Waals surface area contributed by atoms with Gasteiger partial charge in [-0.1, -0.05) is 27.7 Å². The lowest BCUT2D eigenvalue weighted by Gasteiger charge is -2.21. The maximum atomic E-state index is 11.7. The molecule has 2 heterocycles. The summed E-state index contributed by atoms with van der Waals surface area (Å²) in [6.07, 6.45) is 0.639. The van der Waals surface area contributed by atoms with E-state index in [0.717, 1.165) is 9.80 Å². The number of carbonyl (C=O) groups is 8. The van der Waals surface area contributed by atoms with Crippen LogP contribution in [-0.2, 0) is 38.4 Å². The van der Waals surface area contributed by atoms with Crippen LogP contribution >= 0.6 is 0 Å². The van der Waals surface area contributed by atoms with Gasteiger partial charge in [-0.15, -0.1) is 0 Å². The number of carboxylic acid groups (broad SMARTS) is 1. The normalized spacial score (nSPS) is 21.0. The van der Waals surface area contributed by atoms with Gasteiger partial charge in [-0.05, 0) is 20.8 Å². The standard InChI is InChI=1S/C11H14N2O4.C7H12O2.C6H10O3/c1-6-3-8(14)12(10(6)16)5-13-9(15)4-7(2)11(13)17;1-5(7(3)9)4-6(2)8;1-4(5(2)7)3-6(8)9/h6-7H,3-5H2,1-2H3;5H,4H2,1-3H3;4H,3H2,1-2H3,(H,8,9). The van der Waals surface area contributed by atoms with Gasteiger partial charge in [-0.25, -0.2) is 0 Å². The number of hydrogen-bond donors (Lipinski definition) is 1. The Morgan fingerprint density at radius 3 is 1.29 bits per heavy atom. The molecule has 196 valence electrons. The van der Waals surface area contributed by atoms with Crippen molar-refractivity contribution in [3.63, 3.8) is 0 Å². The summed E-state index contributed by atoms with van der Waals surface area (Å²) in [5.74, 6) is -3.22. The first kappa shape index (κ1) is 31.8. The van der Waals surface area contributed by atoms with E-state index in [1.165, 1.54) is 20.8 Å². The van der Waals surface area contributed by atoms with Crippen LogP contribution in [0.4, 0.5) is 0 Å². The molecule has 0 saturated carbocycles. The summed E-state index contributed by atoms with van der Waals surface area (Å²) in [5, 5.41) is 8.18. The van der Waals surface area contributed by atoms with Crippen molar-refractivity contribution in [3.05, 3.63) is 0 Å². The minimum atomic E-state index is -0.919. The second kappa shape index (κ2) is 14.2. The van der Waals surface area contributed by atoms with Crippen molar-refractivity contribution in [2.24, 2.45) is 23.7 Å². The molecule has 1 N–H and O–H groups in total. The van der Waals surface area contributed by atoms with E-state index in [2.05, 4.69) is 0 Å². The molecule has 2 rings (SSSR count). The number of ketones is 3. The highest BCUT2D eigenvalue weighted by molar-refractivity contribution is 6.06. The number of carbonyl (C=O) groups excluding carboxylic acids is 7. The largest absolute Gasteiger partial charge is 0.481 e. The van der Waals surface area contributed by atoms with Crippen molar-refractivity contribution in [2.45, 2.75) is 74.1 Å². The molecule has 0 bridgehead atoms. The van der Waals surface area contributed by atoms with E-state index >= 15 is 0 Å². The fraction of sp³-hybridized carbons (Fsp3) is 0.667. The second-order valence-electron chi connectivity index (χ2n) is 9.20. The van der Waals surface area contributed by atoms with E-state index < -0.39 is 5.97 Å². The molecule has 2 aliphatic heterocycles. The number of amides is 4. The second-order valence-corrected chi connectivity index (χ2v) is 9.20. The molecule has 0 aromatic rings. The molecule has 4 amide bonds. The molecule has 4 unspecified atom stereocenters. The maximum absolute atomic E-state index is 11.7. The van der Waals surface area contributed by atoms with Crippen molar-refractivity contribution >= 4 is 46.9 Å². The quantitative estimate of drug-likeness (QED) is 0.492. The van der Waals surface area contributed by atoms with Crippen LogP contribution in [0, 0.1) is 23.7 Å². The highest BCUT2D eigenvalue weighted by atomic mass is 16.4. The van der Waals surface area contributed by atoms with Gasteiger partial charge >= 0.3 is 5.97 Å². The van der Waals surface area contributed by atoms with Crippen LogP contribution in [0.5, 0.6) is 0 Å². The number of hydrogen-bond acceptors (Lipinski definition) is 8. The van der Waals surface area contributed by atoms with Crippen LogP contribution in [0.3, 0.4) is 0 Å². The van der Waals surface area contributed by atoms with E-state index in [1.807, 2.05) is 0 Å². The predicted octanol–water partition coefficient (Wildman–Crippen LogP) is 1.61. The van der Waals surface area contributed by atoms with Gasteiger partial charge in [0.1, 0.15) is 24.0 Å². The summed E-state index contributed by atoms with van der Waals surface area (Å²) >= 11 is 0. The Balaban J connectivity index is 0.000000549. The maximum Gasteiger partial charge on any atom is 0.304 e. The molecule has 11 heteroatoms. The van der Waals surface area contributed by atoms with Gasteiger partial charge in [0.2, 0.25) is 23.6 Å². The van der Waals surface area contributed by atoms with E-state index in [-0.39, 0.29) is 90.6 Å². The molecule has 0 aliphatic carbocycles. The van der Waals surface area contributed by atoms with Gasteiger partial charge in [0.15, 0.2) is 0 Å². The molecule has 11 nitrogen and oxygen atoms in total. The Kier molecular flexibility index (Phi) is 12.9. The third-order valence-electron chi connectivity index (χ3n) is 5.68. The Bertz CT molecular complexity index is 810. The molecule has 2 fully saturated rings. The van der Waals surface area contributed by atoms with Gasteiger partial charge < -0.3 is 9.90 Å². The fourth-order valence-corrected chi connectivity index (χ4v) is 3.12. The molecule has 0 aromatic heterocycles. The number of rotatable bonds is 8. The van der Waals surface area contributed by atoms with Crippen LogP contribution in [0.25, 0.3) is 0 Å². The molecule has 35 heavy (non-hydrogen) atoms. The predicted molar refractivity (Wildman–Crippen MR) is 123 cm³/mol. The van der Waals surface area contributed by atoms with Crippen LogP contribution < -0.4 is 0 Å². The Hall–Kier alpha value is -3.24. The smallest absolute Gasteiger partial charge is 0.304 e. The summed E-state index contributed by atoms with van der Waals surface area (Å²) in [5.41, 5.74) is 0. The molecule has 2 aliphatic rings. The number of imide groups is 2. The number of carboxylic acids is 1. The number of nitrogens with zero attached hydrogens (tertiary/aromatic N) is 2. The minimum absolute atomic E-state index is 0.0602. The molecule has 2 saturated heterocycles. The lowest BCUT2D eigenvalue weighted by Crippen LogP contribution is -2.44. The van der Waals surface area contributed by atoms with Gasteiger partial charge in [0.05, 0.1) is 6.42 Å². The minimum Gasteiger partial charge on any atom is -0.481 e. The summed E-state index contributed by atoms with van der Waals surface area (Å²) in [7, 11) is 0. The first-order chi connectivity index (χ1) is 16.0. The monoisotopic (exact) mass is 496 g/mol. The van der Waals surface area contributed by atoms with Gasteiger partial charge in [0.25, 0.3) is 0 Å². The summed E-state index contributed by atoms with van der Waals surface area (Å²) in [4.78, 5) is 89.7. The first-order valence-corrected chi connectivity index (χ1v) is 11.4. The van der Waals surface area contributed by atoms with Crippen molar-refractivity contribution < 1.29 is 43.5 Å². The summed E-state index contributed by atoms with van der Waals surface area (Å²) in [6, 6.07) is 0. The topological polar surface area (TPSA) is 163 Å². The lowest BCUT2D eigenvalue weighted by atomic mass is 10.0. The SMILES string of the molecule is CC(=O)C(C)CC(=O)O.CC(=O)CC(C)C(C)=O.CC1CC(=O)N(CN2C(=O)CC(C)C2=O)C1=O. The zero-order valence-electron chi connectivity index (χ0n) is 21.5. The summed E-state index contributed by atoms with van der Waals surface area (Å²) in [6.45, 7) is 10.9. The average Bonchev–Trinajstić information content (AvgIpc) is 3.10. The van der Waals surface area contributed by atoms with Gasteiger partial charge in [-0.3, -0.25) is 43.4 Å². The zero-order chi connectivity index (χ0) is 27.6. The third kappa shape index (κ3) is 10.7. The highest BCUT2D eigenvalue weighted by Gasteiger charge is 2.42. The van der Waals surface area contributed by atoms with E-state index in [9.17, 15) is 38.4 Å². The van der Waals surface area contributed by atoms with Crippen LogP contribution in [0.1, 0.15) is 74.1 Å². The van der Waals surface area contributed by atoms with Crippen molar-refractivity contribution in [3.8, 4) is 0 Å². The zero-order valence-corrected chi connectivity index (χ0v) is 21.5. The van der Waals surface area contributed by atoms with Crippen molar-refractivity contribution in [1.29, 1.82) is 0 Å². The lowest BCUT2D eigenvalue weighted by molar-refractivity contribution is -0.148. The molecular formula is C24H36N2O9. The molecular weight excluding hydrogens is 460 g/mol. The third-order valence-corrected chi connectivity index (χ3v) is 5.68. The number of aliphatic carboxylic acids is 1. The molecule has 0 spiro atoms.